The Morgan fingerprint density at radius 1 is 1.20 bits per heavy atom. The van der Waals surface area contributed by atoms with Gasteiger partial charge in [0.05, 0.1) is 0 Å². The number of aromatic nitrogens is 1. The summed E-state index contributed by atoms with van der Waals surface area (Å²) in [5.74, 6) is 0. The van der Waals surface area contributed by atoms with E-state index in [0.29, 0.717) is 0 Å². The van der Waals surface area contributed by atoms with Crippen LogP contribution in [-0.4, -0.2) is 36.1 Å². The summed E-state index contributed by atoms with van der Waals surface area (Å²) in [6.07, 6.45) is 3.13. The number of piperazine rings is 1. The van der Waals surface area contributed by atoms with E-state index in [-0.39, 0.29) is 0 Å². The number of nitrogens with zero attached hydrogens (tertiary/aromatic N) is 2. The van der Waals surface area contributed by atoms with E-state index in [9.17, 15) is 0 Å². The van der Waals surface area contributed by atoms with Gasteiger partial charge in [0.25, 0.3) is 0 Å². The summed E-state index contributed by atoms with van der Waals surface area (Å²) in [4.78, 5) is 8.44. The van der Waals surface area contributed by atoms with Crippen molar-refractivity contribution in [3.63, 3.8) is 0 Å². The Morgan fingerprint density at radius 2 is 1.95 bits per heavy atom. The molecule has 0 saturated carbocycles. The summed E-state index contributed by atoms with van der Waals surface area (Å²) in [5.41, 5.74) is 2.62. The Hall–Kier alpha value is -1.23. The molecule has 2 aromatic rings. The molecule has 0 unspecified atom stereocenters. The highest BCUT2D eigenvalue weighted by atomic mass is 32.1. The van der Waals surface area contributed by atoms with Crippen LogP contribution in [0.5, 0.6) is 0 Å². The van der Waals surface area contributed by atoms with Crippen molar-refractivity contribution < 1.29 is 0 Å². The fraction of sp³-hybridized carbons (Fsp3) is 0.438. The van der Waals surface area contributed by atoms with E-state index in [0.717, 1.165) is 44.2 Å². The van der Waals surface area contributed by atoms with E-state index in [1.165, 1.54) is 16.0 Å². The first-order valence-corrected chi connectivity index (χ1v) is 8.14. The third-order valence-electron chi connectivity index (χ3n) is 3.75. The lowest BCUT2D eigenvalue weighted by atomic mass is 10.1. The number of rotatable bonds is 4. The Labute approximate surface area is 124 Å². The maximum Gasteiger partial charge on any atom is 0.123 e. The zero-order chi connectivity index (χ0) is 13.8. The highest BCUT2D eigenvalue weighted by Gasteiger charge is 2.12. The number of hydrogen-bond donors (Lipinski definition) is 1. The molecule has 0 aliphatic carbocycles. The normalized spacial score (nSPS) is 16.4. The lowest BCUT2D eigenvalue weighted by Gasteiger charge is -2.26. The lowest BCUT2D eigenvalue weighted by Crippen LogP contribution is -2.42. The Kier molecular flexibility index (Phi) is 4.45. The summed E-state index contributed by atoms with van der Waals surface area (Å²) >= 11 is 1.82. The number of hydrogen-bond acceptors (Lipinski definition) is 4. The number of benzene rings is 1. The lowest BCUT2D eigenvalue weighted by molar-refractivity contribution is 0.235. The van der Waals surface area contributed by atoms with Crippen LogP contribution in [0, 0.1) is 0 Å². The van der Waals surface area contributed by atoms with Gasteiger partial charge in [0.1, 0.15) is 5.01 Å². The summed E-state index contributed by atoms with van der Waals surface area (Å²) < 4.78 is 0. The van der Waals surface area contributed by atoms with Gasteiger partial charge in [0.15, 0.2) is 0 Å². The van der Waals surface area contributed by atoms with Gasteiger partial charge in [-0.1, -0.05) is 31.2 Å². The van der Waals surface area contributed by atoms with Crippen LogP contribution in [0.4, 0.5) is 0 Å². The maximum absolute atomic E-state index is 4.58. The zero-order valence-corrected chi connectivity index (χ0v) is 12.7. The van der Waals surface area contributed by atoms with E-state index in [4.69, 9.17) is 0 Å². The minimum Gasteiger partial charge on any atom is -0.314 e. The number of thiazole rings is 1. The molecule has 0 atom stereocenters. The third kappa shape index (κ3) is 3.26. The molecule has 1 fully saturated rings. The average Bonchev–Trinajstić information content (AvgIpc) is 2.97. The van der Waals surface area contributed by atoms with E-state index >= 15 is 0 Å². The summed E-state index contributed by atoms with van der Waals surface area (Å²) in [6.45, 7) is 7.70. The largest absolute Gasteiger partial charge is 0.314 e. The molecule has 0 amide bonds. The van der Waals surface area contributed by atoms with Crippen molar-refractivity contribution in [3.8, 4) is 10.6 Å². The molecule has 106 valence electrons. The monoisotopic (exact) mass is 287 g/mol. The van der Waals surface area contributed by atoms with Gasteiger partial charge >= 0.3 is 0 Å². The smallest absolute Gasteiger partial charge is 0.123 e. The van der Waals surface area contributed by atoms with Crippen LogP contribution in [0.2, 0.25) is 0 Å². The second-order valence-corrected chi connectivity index (χ2v) is 6.32. The molecule has 0 spiro atoms. The predicted octanol–water partition coefficient (Wildman–Crippen LogP) is 2.78. The molecule has 1 aromatic carbocycles. The molecule has 1 aliphatic heterocycles. The summed E-state index contributed by atoms with van der Waals surface area (Å²) in [5, 5.41) is 4.53. The zero-order valence-electron chi connectivity index (χ0n) is 11.9. The molecule has 1 aliphatic rings. The van der Waals surface area contributed by atoms with Crippen LogP contribution >= 0.6 is 11.3 Å². The highest BCUT2D eigenvalue weighted by molar-refractivity contribution is 7.15. The molecular formula is C16H21N3S. The van der Waals surface area contributed by atoms with Crippen LogP contribution in [0.1, 0.15) is 17.4 Å². The molecule has 4 heteroatoms. The van der Waals surface area contributed by atoms with E-state index in [2.05, 4.69) is 46.4 Å². The van der Waals surface area contributed by atoms with Crippen molar-refractivity contribution in [1.29, 1.82) is 0 Å². The SMILES string of the molecule is CCc1ccc(-c2ncc(CN3CCNCC3)s2)cc1. The number of aryl methyl sites for hydroxylation is 1. The van der Waals surface area contributed by atoms with Gasteiger partial charge in [0, 0.05) is 49.4 Å². The fourth-order valence-electron chi connectivity index (χ4n) is 2.49. The van der Waals surface area contributed by atoms with Crippen LogP contribution < -0.4 is 5.32 Å². The minimum absolute atomic E-state index is 1.03. The molecule has 1 saturated heterocycles. The first-order valence-electron chi connectivity index (χ1n) is 7.32. The molecular weight excluding hydrogens is 266 g/mol. The minimum atomic E-state index is 1.03. The van der Waals surface area contributed by atoms with Crippen molar-refractivity contribution >= 4 is 11.3 Å². The quantitative estimate of drug-likeness (QED) is 0.937. The van der Waals surface area contributed by atoms with Gasteiger partial charge in [-0.15, -0.1) is 11.3 Å². The highest BCUT2D eigenvalue weighted by Crippen LogP contribution is 2.26. The van der Waals surface area contributed by atoms with Crippen molar-refractivity contribution in [2.75, 3.05) is 26.2 Å². The van der Waals surface area contributed by atoms with Crippen molar-refractivity contribution in [2.45, 2.75) is 19.9 Å². The second-order valence-electron chi connectivity index (χ2n) is 5.21. The predicted molar refractivity (Wildman–Crippen MR) is 85.1 cm³/mol. The molecule has 0 bridgehead atoms. The Balaban J connectivity index is 1.68. The van der Waals surface area contributed by atoms with Gasteiger partial charge in [-0.2, -0.15) is 0 Å². The fourth-order valence-corrected chi connectivity index (χ4v) is 3.45. The number of nitrogens with one attached hydrogen (secondary N) is 1. The molecule has 3 rings (SSSR count). The average molecular weight is 287 g/mol. The Morgan fingerprint density at radius 3 is 2.65 bits per heavy atom. The maximum atomic E-state index is 4.58. The molecule has 0 radical (unpaired) electrons. The second kappa shape index (κ2) is 6.48. The molecule has 1 aromatic heterocycles. The molecule has 3 nitrogen and oxygen atoms in total. The standard InChI is InChI=1S/C16H21N3S/c1-2-13-3-5-14(6-4-13)16-18-11-15(20-16)12-19-9-7-17-8-10-19/h3-6,11,17H,2,7-10,12H2,1H3. The van der Waals surface area contributed by atoms with Gasteiger partial charge in [-0.05, 0) is 12.0 Å². The van der Waals surface area contributed by atoms with Crippen molar-refractivity contribution in [1.82, 2.24) is 15.2 Å². The van der Waals surface area contributed by atoms with Crippen molar-refractivity contribution in [3.05, 3.63) is 40.9 Å². The first-order chi connectivity index (χ1) is 9.85. The van der Waals surface area contributed by atoms with Gasteiger partial charge < -0.3 is 5.32 Å². The van der Waals surface area contributed by atoms with Crippen molar-refractivity contribution in [2.24, 2.45) is 0 Å². The van der Waals surface area contributed by atoms with Crippen LogP contribution in [-0.2, 0) is 13.0 Å². The third-order valence-corrected chi connectivity index (χ3v) is 4.78. The molecule has 20 heavy (non-hydrogen) atoms. The molecule has 1 N–H and O–H groups in total. The van der Waals surface area contributed by atoms with Gasteiger partial charge in [0.2, 0.25) is 0 Å². The topological polar surface area (TPSA) is 28.2 Å². The Bertz CT molecular complexity index is 541. The first kappa shape index (κ1) is 13.7. The van der Waals surface area contributed by atoms with Crippen LogP contribution in [0.3, 0.4) is 0 Å². The van der Waals surface area contributed by atoms with E-state index < -0.39 is 0 Å². The van der Waals surface area contributed by atoms with Gasteiger partial charge in [-0.3, -0.25) is 4.90 Å². The molecule has 2 heterocycles. The van der Waals surface area contributed by atoms with Crippen LogP contribution in [0.25, 0.3) is 10.6 Å². The van der Waals surface area contributed by atoms with E-state index in [1.54, 1.807) is 0 Å². The summed E-state index contributed by atoms with van der Waals surface area (Å²) in [7, 11) is 0. The summed E-state index contributed by atoms with van der Waals surface area (Å²) in [6, 6.07) is 8.78. The van der Waals surface area contributed by atoms with E-state index in [1.807, 2.05) is 17.5 Å². The van der Waals surface area contributed by atoms with Crippen LogP contribution in [0.15, 0.2) is 30.5 Å². The van der Waals surface area contributed by atoms with Gasteiger partial charge in [-0.25, -0.2) is 4.98 Å².